The van der Waals surface area contributed by atoms with Gasteiger partial charge in [0.25, 0.3) is 0 Å². The van der Waals surface area contributed by atoms with Crippen LogP contribution in [0.1, 0.15) is 12.5 Å². The van der Waals surface area contributed by atoms with Crippen LogP contribution in [-0.4, -0.2) is 19.8 Å². The summed E-state index contributed by atoms with van der Waals surface area (Å²) in [5.74, 6) is 2.81. The highest BCUT2D eigenvalue weighted by molar-refractivity contribution is 6.17. The highest BCUT2D eigenvalue weighted by atomic mass is 35.5. The maximum atomic E-state index is 5.74. The van der Waals surface area contributed by atoms with Crippen molar-refractivity contribution in [2.24, 2.45) is 0 Å². The van der Waals surface area contributed by atoms with Gasteiger partial charge >= 0.3 is 0 Å². The topological polar surface area (TPSA) is 27.7 Å². The van der Waals surface area contributed by atoms with Gasteiger partial charge < -0.3 is 14.2 Å². The van der Waals surface area contributed by atoms with Gasteiger partial charge in [-0.25, -0.2) is 0 Å². The van der Waals surface area contributed by atoms with E-state index in [4.69, 9.17) is 25.8 Å². The molecule has 3 nitrogen and oxygen atoms in total. The van der Waals surface area contributed by atoms with E-state index in [1.165, 1.54) is 0 Å². The zero-order chi connectivity index (χ0) is 14.9. The lowest BCUT2D eigenvalue weighted by Crippen LogP contribution is -2.09. The van der Waals surface area contributed by atoms with E-state index in [1.807, 2.05) is 55.5 Å². The van der Waals surface area contributed by atoms with Crippen LogP contribution in [0.25, 0.3) is 0 Å². The first-order chi connectivity index (χ1) is 10.3. The van der Waals surface area contributed by atoms with Crippen molar-refractivity contribution in [3.8, 4) is 17.2 Å². The summed E-state index contributed by atoms with van der Waals surface area (Å²) in [5, 5.41) is 0. The maximum Gasteiger partial charge on any atom is 0.161 e. The molecule has 2 rings (SSSR count). The molecule has 0 aliphatic carbocycles. The van der Waals surface area contributed by atoms with Gasteiger partial charge in [0.1, 0.15) is 19.0 Å². The normalized spacial score (nSPS) is 10.2. The lowest BCUT2D eigenvalue weighted by molar-refractivity contribution is 0.208. The fourth-order valence-corrected chi connectivity index (χ4v) is 2.01. The van der Waals surface area contributed by atoms with Crippen LogP contribution in [0.2, 0.25) is 0 Å². The van der Waals surface area contributed by atoms with Crippen molar-refractivity contribution in [3.05, 3.63) is 54.1 Å². The Hall–Kier alpha value is -1.87. The summed E-state index contributed by atoms with van der Waals surface area (Å²) < 4.78 is 16.8. The Kier molecular flexibility index (Phi) is 6.22. The summed E-state index contributed by atoms with van der Waals surface area (Å²) >= 11 is 5.74. The van der Waals surface area contributed by atoms with Crippen LogP contribution in [0.5, 0.6) is 17.2 Å². The molecule has 0 spiro atoms. The molecule has 0 N–H and O–H groups in total. The van der Waals surface area contributed by atoms with Gasteiger partial charge in [-0.2, -0.15) is 0 Å². The Morgan fingerprint density at radius 1 is 0.810 bits per heavy atom. The molecule has 112 valence electrons. The lowest BCUT2D eigenvalue weighted by Gasteiger charge is -2.12. The van der Waals surface area contributed by atoms with E-state index in [9.17, 15) is 0 Å². The SMILES string of the molecule is CCOc1ccccc1OCCOc1ccc(CCl)cc1. The number of halogens is 1. The number of rotatable bonds is 8. The third kappa shape index (κ3) is 4.87. The Labute approximate surface area is 130 Å². The van der Waals surface area contributed by atoms with Crippen LogP contribution in [0.15, 0.2) is 48.5 Å². The summed E-state index contributed by atoms with van der Waals surface area (Å²) in [6.45, 7) is 3.50. The van der Waals surface area contributed by atoms with Crippen LogP contribution in [0.4, 0.5) is 0 Å². The zero-order valence-corrected chi connectivity index (χ0v) is 12.8. The molecule has 0 atom stereocenters. The molecule has 0 aliphatic heterocycles. The number of ether oxygens (including phenoxy) is 3. The van der Waals surface area contributed by atoms with Crippen LogP contribution < -0.4 is 14.2 Å². The van der Waals surface area contributed by atoms with E-state index >= 15 is 0 Å². The molecule has 0 unspecified atom stereocenters. The van der Waals surface area contributed by atoms with Crippen LogP contribution in [0, 0.1) is 0 Å². The van der Waals surface area contributed by atoms with Crippen molar-refractivity contribution >= 4 is 11.6 Å². The van der Waals surface area contributed by atoms with Crippen molar-refractivity contribution in [1.82, 2.24) is 0 Å². The second-order valence-corrected chi connectivity index (χ2v) is 4.62. The van der Waals surface area contributed by atoms with Gasteiger partial charge in [0.05, 0.1) is 6.61 Å². The van der Waals surface area contributed by atoms with E-state index in [-0.39, 0.29) is 0 Å². The van der Waals surface area contributed by atoms with Gasteiger partial charge in [-0.05, 0) is 36.8 Å². The van der Waals surface area contributed by atoms with Gasteiger partial charge in [-0.15, -0.1) is 11.6 Å². The number of benzene rings is 2. The molecule has 0 saturated carbocycles. The lowest BCUT2D eigenvalue weighted by atomic mass is 10.2. The molecular weight excluding hydrogens is 288 g/mol. The molecule has 0 amide bonds. The van der Waals surface area contributed by atoms with Crippen molar-refractivity contribution in [2.75, 3.05) is 19.8 Å². The smallest absolute Gasteiger partial charge is 0.161 e. The summed E-state index contributed by atoms with van der Waals surface area (Å²) in [5.41, 5.74) is 1.07. The molecule has 0 radical (unpaired) electrons. The standard InChI is InChI=1S/C17H19ClO3/c1-2-19-16-5-3-4-6-17(16)21-12-11-20-15-9-7-14(13-18)8-10-15/h3-10H,2,11-13H2,1H3. The number of alkyl halides is 1. The first kappa shape index (κ1) is 15.5. The largest absolute Gasteiger partial charge is 0.490 e. The molecule has 0 fully saturated rings. The van der Waals surface area contributed by atoms with Crippen molar-refractivity contribution in [2.45, 2.75) is 12.8 Å². The summed E-state index contributed by atoms with van der Waals surface area (Å²) in [6, 6.07) is 15.3. The Morgan fingerprint density at radius 3 is 2.05 bits per heavy atom. The predicted octanol–water partition coefficient (Wildman–Crippen LogP) is 4.28. The first-order valence-corrected chi connectivity index (χ1v) is 7.49. The monoisotopic (exact) mass is 306 g/mol. The highest BCUT2D eigenvalue weighted by Gasteiger charge is 2.03. The van der Waals surface area contributed by atoms with E-state index in [0.717, 1.165) is 22.8 Å². The van der Waals surface area contributed by atoms with E-state index < -0.39 is 0 Å². The van der Waals surface area contributed by atoms with Gasteiger partial charge in [0.2, 0.25) is 0 Å². The zero-order valence-electron chi connectivity index (χ0n) is 12.0. The predicted molar refractivity (Wildman–Crippen MR) is 84.6 cm³/mol. The van der Waals surface area contributed by atoms with E-state index in [0.29, 0.717) is 25.7 Å². The van der Waals surface area contributed by atoms with Crippen molar-refractivity contribution in [3.63, 3.8) is 0 Å². The third-order valence-corrected chi connectivity index (χ3v) is 3.14. The molecule has 2 aromatic rings. The van der Waals surface area contributed by atoms with Gasteiger partial charge in [-0.3, -0.25) is 0 Å². The fourth-order valence-electron chi connectivity index (χ4n) is 1.83. The average molecular weight is 307 g/mol. The molecule has 0 saturated heterocycles. The Bertz CT molecular complexity index is 540. The second kappa shape index (κ2) is 8.42. The quantitative estimate of drug-likeness (QED) is 0.538. The molecule has 0 aromatic heterocycles. The summed E-state index contributed by atoms with van der Waals surface area (Å²) in [7, 11) is 0. The van der Waals surface area contributed by atoms with Crippen molar-refractivity contribution in [1.29, 1.82) is 0 Å². The average Bonchev–Trinajstić information content (AvgIpc) is 2.54. The first-order valence-electron chi connectivity index (χ1n) is 6.96. The fraction of sp³-hybridized carbons (Fsp3) is 0.294. The molecule has 4 heteroatoms. The van der Waals surface area contributed by atoms with Crippen LogP contribution >= 0.6 is 11.6 Å². The number of hydrogen-bond acceptors (Lipinski definition) is 3. The second-order valence-electron chi connectivity index (χ2n) is 4.35. The highest BCUT2D eigenvalue weighted by Crippen LogP contribution is 2.26. The third-order valence-electron chi connectivity index (χ3n) is 2.84. The minimum atomic E-state index is 0.460. The molecule has 0 bridgehead atoms. The van der Waals surface area contributed by atoms with Crippen LogP contribution in [-0.2, 0) is 5.88 Å². The Morgan fingerprint density at radius 2 is 1.43 bits per heavy atom. The molecule has 0 aliphatic rings. The molecular formula is C17H19ClO3. The summed E-state index contributed by atoms with van der Waals surface area (Å²) in [6.07, 6.45) is 0. The van der Waals surface area contributed by atoms with Crippen LogP contribution in [0.3, 0.4) is 0 Å². The minimum Gasteiger partial charge on any atom is -0.490 e. The molecule has 0 heterocycles. The van der Waals surface area contributed by atoms with E-state index in [2.05, 4.69) is 0 Å². The molecule has 2 aromatic carbocycles. The van der Waals surface area contributed by atoms with E-state index in [1.54, 1.807) is 0 Å². The van der Waals surface area contributed by atoms with Gasteiger partial charge in [0.15, 0.2) is 11.5 Å². The maximum absolute atomic E-state index is 5.74. The molecule has 21 heavy (non-hydrogen) atoms. The number of para-hydroxylation sites is 2. The van der Waals surface area contributed by atoms with Gasteiger partial charge in [-0.1, -0.05) is 24.3 Å². The minimum absolute atomic E-state index is 0.460. The van der Waals surface area contributed by atoms with Crippen molar-refractivity contribution < 1.29 is 14.2 Å². The summed E-state index contributed by atoms with van der Waals surface area (Å²) in [4.78, 5) is 0. The Balaban J connectivity index is 1.79. The number of hydrogen-bond donors (Lipinski definition) is 0. The van der Waals surface area contributed by atoms with Gasteiger partial charge in [0, 0.05) is 5.88 Å².